The van der Waals surface area contributed by atoms with Gasteiger partial charge >= 0.3 is 0 Å². The third-order valence-corrected chi connectivity index (χ3v) is 4.06. The Kier molecular flexibility index (Phi) is 3.86. The van der Waals surface area contributed by atoms with Crippen LogP contribution in [0.4, 0.5) is 0 Å². The number of hydrogen-bond acceptors (Lipinski definition) is 2. The zero-order valence-electron chi connectivity index (χ0n) is 12.1. The van der Waals surface area contributed by atoms with Crippen LogP contribution in [0.1, 0.15) is 45.0 Å². The number of ketones is 1. The molecule has 0 bridgehead atoms. The fraction of sp³-hybridized carbons (Fsp3) is 0.600. The van der Waals surface area contributed by atoms with E-state index < -0.39 is 0 Å². The van der Waals surface area contributed by atoms with Crippen LogP contribution in [-0.4, -0.2) is 15.6 Å². The van der Waals surface area contributed by atoms with Gasteiger partial charge in [-0.2, -0.15) is 5.10 Å². The van der Waals surface area contributed by atoms with Crippen molar-refractivity contribution < 1.29 is 4.79 Å². The molecule has 1 aromatic rings. The zero-order valence-corrected chi connectivity index (χ0v) is 12.8. The van der Waals surface area contributed by atoms with Crippen molar-refractivity contribution in [2.24, 2.45) is 5.41 Å². The molecule has 0 aromatic carbocycles. The van der Waals surface area contributed by atoms with Gasteiger partial charge in [0.2, 0.25) is 0 Å². The highest BCUT2D eigenvalue weighted by atomic mass is 35.5. The summed E-state index contributed by atoms with van der Waals surface area (Å²) < 4.78 is 1.94. The van der Waals surface area contributed by atoms with Crippen molar-refractivity contribution in [2.45, 2.75) is 53.5 Å². The van der Waals surface area contributed by atoms with Crippen LogP contribution >= 0.6 is 11.6 Å². The average molecular weight is 281 g/mol. The number of nitrogens with zero attached hydrogens (tertiary/aromatic N) is 2. The van der Waals surface area contributed by atoms with E-state index in [9.17, 15) is 4.79 Å². The molecule has 1 aromatic heterocycles. The molecule has 4 heteroatoms. The standard InChI is InChI=1S/C15H21ClN2O/c1-5-18-13(14(16)10(2)17-18)7-11-6-12(19)9-15(3,4)8-11/h6H,5,7-9H2,1-4H3. The van der Waals surface area contributed by atoms with E-state index in [4.69, 9.17) is 11.6 Å². The summed E-state index contributed by atoms with van der Waals surface area (Å²) >= 11 is 6.32. The van der Waals surface area contributed by atoms with Crippen molar-refractivity contribution in [1.82, 2.24) is 9.78 Å². The molecule has 2 rings (SSSR count). The van der Waals surface area contributed by atoms with Gasteiger partial charge in [0.1, 0.15) is 0 Å². The summed E-state index contributed by atoms with van der Waals surface area (Å²) in [6.07, 6.45) is 4.10. The molecule has 0 radical (unpaired) electrons. The number of hydrogen-bond donors (Lipinski definition) is 0. The maximum atomic E-state index is 11.8. The number of rotatable bonds is 3. The molecule has 1 aliphatic rings. The molecule has 0 N–H and O–H groups in total. The Bertz CT molecular complexity index is 541. The molecule has 0 fully saturated rings. The summed E-state index contributed by atoms with van der Waals surface area (Å²) in [6, 6.07) is 0. The first-order chi connectivity index (χ1) is 8.82. The molecule has 0 unspecified atom stereocenters. The lowest BCUT2D eigenvalue weighted by atomic mass is 9.76. The number of aryl methyl sites for hydroxylation is 2. The molecular weight excluding hydrogens is 260 g/mol. The number of carbonyl (C=O) groups excluding carboxylic acids is 1. The number of aromatic nitrogens is 2. The van der Waals surface area contributed by atoms with Crippen molar-refractivity contribution in [1.29, 1.82) is 0 Å². The van der Waals surface area contributed by atoms with Crippen molar-refractivity contribution in [2.75, 3.05) is 0 Å². The first-order valence-electron chi connectivity index (χ1n) is 6.76. The van der Waals surface area contributed by atoms with E-state index in [1.54, 1.807) is 6.08 Å². The maximum Gasteiger partial charge on any atom is 0.156 e. The predicted molar refractivity (Wildman–Crippen MR) is 77.5 cm³/mol. The minimum Gasteiger partial charge on any atom is -0.295 e. The van der Waals surface area contributed by atoms with E-state index in [1.165, 1.54) is 0 Å². The topological polar surface area (TPSA) is 34.9 Å². The third kappa shape index (κ3) is 3.08. The highest BCUT2D eigenvalue weighted by molar-refractivity contribution is 6.31. The Morgan fingerprint density at radius 1 is 1.42 bits per heavy atom. The summed E-state index contributed by atoms with van der Waals surface area (Å²) in [4.78, 5) is 11.8. The van der Waals surface area contributed by atoms with Gasteiger partial charge in [-0.1, -0.05) is 31.0 Å². The van der Waals surface area contributed by atoms with Gasteiger partial charge in [0.15, 0.2) is 5.78 Å². The van der Waals surface area contributed by atoms with Crippen LogP contribution < -0.4 is 0 Å². The van der Waals surface area contributed by atoms with Crippen LogP contribution in [0.3, 0.4) is 0 Å². The Morgan fingerprint density at radius 3 is 2.68 bits per heavy atom. The van der Waals surface area contributed by atoms with Crippen molar-refractivity contribution in [3.05, 3.63) is 28.1 Å². The molecule has 0 aliphatic heterocycles. The summed E-state index contributed by atoms with van der Waals surface area (Å²) in [7, 11) is 0. The average Bonchev–Trinajstić information content (AvgIpc) is 2.54. The molecule has 0 spiro atoms. The van der Waals surface area contributed by atoms with Crippen LogP contribution in [0.25, 0.3) is 0 Å². The predicted octanol–water partition coefficient (Wildman–Crippen LogP) is 3.72. The molecule has 3 nitrogen and oxygen atoms in total. The molecule has 1 heterocycles. The van der Waals surface area contributed by atoms with Crippen molar-refractivity contribution in [3.63, 3.8) is 0 Å². The van der Waals surface area contributed by atoms with Crippen molar-refractivity contribution >= 4 is 17.4 Å². The second-order valence-electron chi connectivity index (χ2n) is 6.13. The normalized spacial score (nSPS) is 18.6. The monoisotopic (exact) mass is 280 g/mol. The van der Waals surface area contributed by atoms with Gasteiger partial charge in [-0.25, -0.2) is 0 Å². The minimum absolute atomic E-state index is 0.0553. The second kappa shape index (κ2) is 5.12. The number of halogens is 1. The van der Waals surface area contributed by atoms with E-state index in [1.807, 2.05) is 11.6 Å². The third-order valence-electron chi connectivity index (χ3n) is 3.57. The molecule has 0 atom stereocenters. The Labute approximate surface area is 119 Å². The molecular formula is C15H21ClN2O. The van der Waals surface area contributed by atoms with Crippen LogP contribution in [0, 0.1) is 12.3 Å². The fourth-order valence-electron chi connectivity index (χ4n) is 2.85. The van der Waals surface area contributed by atoms with Crippen LogP contribution in [0.15, 0.2) is 11.6 Å². The molecule has 0 amide bonds. The van der Waals surface area contributed by atoms with Gasteiger partial charge < -0.3 is 0 Å². The number of allylic oxidation sites excluding steroid dienone is 2. The van der Waals surface area contributed by atoms with Gasteiger partial charge in [0.25, 0.3) is 0 Å². The number of carbonyl (C=O) groups is 1. The summed E-state index contributed by atoms with van der Waals surface area (Å²) in [5.74, 6) is 0.224. The fourth-order valence-corrected chi connectivity index (χ4v) is 3.05. The van der Waals surface area contributed by atoms with Crippen LogP contribution in [0.5, 0.6) is 0 Å². The van der Waals surface area contributed by atoms with E-state index >= 15 is 0 Å². The molecule has 0 saturated heterocycles. The second-order valence-corrected chi connectivity index (χ2v) is 6.50. The van der Waals surface area contributed by atoms with E-state index in [-0.39, 0.29) is 11.2 Å². The van der Waals surface area contributed by atoms with Gasteiger partial charge in [-0.05, 0) is 31.8 Å². The molecule has 0 saturated carbocycles. The van der Waals surface area contributed by atoms with E-state index in [0.29, 0.717) is 6.42 Å². The van der Waals surface area contributed by atoms with E-state index in [2.05, 4.69) is 25.9 Å². The lowest BCUT2D eigenvalue weighted by Gasteiger charge is -2.29. The van der Waals surface area contributed by atoms with E-state index in [0.717, 1.165) is 41.4 Å². The smallest absolute Gasteiger partial charge is 0.156 e. The van der Waals surface area contributed by atoms with Gasteiger partial charge in [0, 0.05) is 19.4 Å². The SMILES string of the molecule is CCn1nc(C)c(Cl)c1CC1=CC(=O)CC(C)(C)C1. The summed E-state index contributed by atoms with van der Waals surface area (Å²) in [5, 5.41) is 5.16. The summed E-state index contributed by atoms with van der Waals surface area (Å²) in [5.41, 5.74) is 3.11. The molecule has 19 heavy (non-hydrogen) atoms. The van der Waals surface area contributed by atoms with Gasteiger partial charge in [0.05, 0.1) is 16.4 Å². The lowest BCUT2D eigenvalue weighted by molar-refractivity contribution is -0.117. The highest BCUT2D eigenvalue weighted by Crippen LogP contribution is 2.36. The van der Waals surface area contributed by atoms with Crippen LogP contribution in [-0.2, 0) is 17.8 Å². The minimum atomic E-state index is 0.0553. The molecule has 104 valence electrons. The largest absolute Gasteiger partial charge is 0.295 e. The Morgan fingerprint density at radius 2 is 2.11 bits per heavy atom. The Balaban J connectivity index is 2.29. The first kappa shape index (κ1) is 14.3. The highest BCUT2D eigenvalue weighted by Gasteiger charge is 2.28. The van der Waals surface area contributed by atoms with Crippen LogP contribution in [0.2, 0.25) is 5.02 Å². The maximum absolute atomic E-state index is 11.8. The van der Waals surface area contributed by atoms with Crippen molar-refractivity contribution in [3.8, 4) is 0 Å². The molecule has 1 aliphatic carbocycles. The van der Waals surface area contributed by atoms with Gasteiger partial charge in [-0.3, -0.25) is 9.48 Å². The Hall–Kier alpha value is -1.09. The lowest BCUT2D eigenvalue weighted by Crippen LogP contribution is -2.23. The first-order valence-corrected chi connectivity index (χ1v) is 7.14. The quantitative estimate of drug-likeness (QED) is 0.846. The van der Waals surface area contributed by atoms with Gasteiger partial charge in [-0.15, -0.1) is 0 Å². The zero-order chi connectivity index (χ0) is 14.2. The summed E-state index contributed by atoms with van der Waals surface area (Å²) in [6.45, 7) is 9.05.